The summed E-state index contributed by atoms with van der Waals surface area (Å²) >= 11 is 1.44. The van der Waals surface area contributed by atoms with Crippen LogP contribution in [0.2, 0.25) is 0 Å². The largest absolute Gasteiger partial charge is 0.361 e. The maximum Gasteiger partial charge on any atom is 0.319 e. The fourth-order valence-electron chi connectivity index (χ4n) is 3.47. The number of anilines is 1. The van der Waals surface area contributed by atoms with E-state index in [0.29, 0.717) is 17.5 Å². The fourth-order valence-corrected chi connectivity index (χ4v) is 4.15. The minimum atomic E-state index is -0.285. The number of hydrogen-bond donors (Lipinski definition) is 1. The van der Waals surface area contributed by atoms with Crippen molar-refractivity contribution >= 4 is 32.9 Å². The van der Waals surface area contributed by atoms with Crippen molar-refractivity contribution in [1.82, 2.24) is 10.3 Å². The molecule has 0 unspecified atom stereocenters. The molecular weight excluding hydrogens is 276 g/mol. The summed E-state index contributed by atoms with van der Waals surface area (Å²) in [5, 5.41) is 14.9. The first-order chi connectivity index (χ1) is 9.75. The van der Waals surface area contributed by atoms with E-state index in [4.69, 9.17) is 0 Å². The van der Waals surface area contributed by atoms with E-state index >= 15 is 0 Å². The van der Waals surface area contributed by atoms with Crippen molar-refractivity contribution in [2.24, 2.45) is 5.92 Å². The van der Waals surface area contributed by atoms with Crippen molar-refractivity contribution in [3.8, 4) is 0 Å². The highest BCUT2D eigenvalue weighted by atomic mass is 32.1. The highest BCUT2D eigenvalue weighted by molar-refractivity contribution is 7.16. The molecule has 2 aromatic rings. The second kappa shape index (κ2) is 4.39. The normalized spacial score (nSPS) is 25.3. The molecule has 1 N–H and O–H groups in total. The quantitative estimate of drug-likeness (QED) is 0.676. The van der Waals surface area contributed by atoms with Gasteiger partial charge in [0.1, 0.15) is 5.69 Å². The molecule has 2 aliphatic heterocycles. The number of nitrogens with one attached hydrogen (secondary N) is 1. The lowest BCUT2D eigenvalue weighted by molar-refractivity contribution is -0.382. The molecule has 20 heavy (non-hydrogen) atoms. The average molecular weight is 290 g/mol. The monoisotopic (exact) mass is 290 g/mol. The topological polar surface area (TPSA) is 71.3 Å². The summed E-state index contributed by atoms with van der Waals surface area (Å²) in [5.41, 5.74) is 3.08. The fraction of sp³-hybridized carbons (Fsp3) is 0.462. The van der Waals surface area contributed by atoms with Crippen molar-refractivity contribution in [2.75, 3.05) is 24.5 Å². The van der Waals surface area contributed by atoms with Gasteiger partial charge in [0.25, 0.3) is 0 Å². The molecule has 2 saturated heterocycles. The summed E-state index contributed by atoms with van der Waals surface area (Å²) in [6.45, 7) is 2.83. The lowest BCUT2D eigenvalue weighted by Crippen LogP contribution is -2.34. The Morgan fingerprint density at radius 2 is 2.35 bits per heavy atom. The van der Waals surface area contributed by atoms with Crippen LogP contribution in [-0.4, -0.2) is 35.6 Å². The number of aromatic nitrogens is 1. The zero-order valence-electron chi connectivity index (χ0n) is 10.8. The van der Waals surface area contributed by atoms with Crippen molar-refractivity contribution in [1.29, 1.82) is 0 Å². The lowest BCUT2D eigenvalue weighted by Gasteiger charge is -2.25. The molecule has 0 radical (unpaired) electrons. The first-order valence-electron chi connectivity index (χ1n) is 6.73. The Bertz CT molecular complexity index is 686. The molecule has 0 spiro atoms. The Kier molecular flexibility index (Phi) is 2.64. The van der Waals surface area contributed by atoms with Crippen LogP contribution in [-0.2, 0) is 0 Å². The van der Waals surface area contributed by atoms with Crippen LogP contribution in [0.1, 0.15) is 6.42 Å². The average Bonchev–Trinajstić information content (AvgIpc) is 3.12. The second-order valence-electron chi connectivity index (χ2n) is 5.36. The van der Waals surface area contributed by atoms with E-state index in [1.165, 1.54) is 11.3 Å². The van der Waals surface area contributed by atoms with Crippen LogP contribution in [0, 0.1) is 16.0 Å². The number of fused-ring (bicyclic) bond motifs is 2. The molecule has 3 heterocycles. The molecule has 1 aromatic carbocycles. The molecule has 2 aliphatic rings. The maximum absolute atomic E-state index is 11.5. The van der Waals surface area contributed by atoms with E-state index in [0.717, 1.165) is 36.4 Å². The predicted molar refractivity (Wildman–Crippen MR) is 78.4 cm³/mol. The zero-order chi connectivity index (χ0) is 13.7. The molecule has 7 heteroatoms. The summed E-state index contributed by atoms with van der Waals surface area (Å²) in [6.07, 6.45) is 1.10. The van der Waals surface area contributed by atoms with Crippen LogP contribution in [0.3, 0.4) is 0 Å². The van der Waals surface area contributed by atoms with Gasteiger partial charge < -0.3 is 10.2 Å². The molecule has 2 fully saturated rings. The van der Waals surface area contributed by atoms with Crippen molar-refractivity contribution in [2.45, 2.75) is 12.5 Å². The third-order valence-corrected chi connectivity index (χ3v) is 5.19. The number of nitro groups is 1. The van der Waals surface area contributed by atoms with Crippen molar-refractivity contribution in [3.05, 3.63) is 27.8 Å². The highest BCUT2D eigenvalue weighted by Crippen LogP contribution is 2.41. The van der Waals surface area contributed by atoms with E-state index in [1.807, 2.05) is 12.1 Å². The first kappa shape index (κ1) is 12.0. The van der Waals surface area contributed by atoms with Gasteiger partial charge in [-0.1, -0.05) is 0 Å². The van der Waals surface area contributed by atoms with Crippen LogP contribution < -0.4 is 10.2 Å². The SMILES string of the molecule is O=[N+]([O-])c1c(N2CC[C@H]3CNC[C@H]32)ccc2scnc12. The number of hydrogen-bond acceptors (Lipinski definition) is 6. The molecule has 104 valence electrons. The van der Waals surface area contributed by atoms with Gasteiger partial charge in [0.15, 0.2) is 5.52 Å². The smallest absolute Gasteiger partial charge is 0.319 e. The number of rotatable bonds is 2. The van der Waals surface area contributed by atoms with Crippen LogP contribution >= 0.6 is 11.3 Å². The molecular formula is C13H14N4O2S. The Morgan fingerprint density at radius 1 is 1.45 bits per heavy atom. The lowest BCUT2D eigenvalue weighted by atomic mass is 10.0. The van der Waals surface area contributed by atoms with Crippen LogP contribution in [0.4, 0.5) is 11.4 Å². The number of nitro benzene ring substituents is 1. The molecule has 6 nitrogen and oxygen atoms in total. The number of thiazole rings is 1. The van der Waals surface area contributed by atoms with E-state index in [2.05, 4.69) is 15.2 Å². The van der Waals surface area contributed by atoms with E-state index < -0.39 is 0 Å². The molecule has 2 atom stereocenters. The van der Waals surface area contributed by atoms with Gasteiger partial charge in [-0.05, 0) is 24.5 Å². The molecule has 0 saturated carbocycles. The highest BCUT2D eigenvalue weighted by Gasteiger charge is 2.40. The Balaban J connectivity index is 1.86. The van der Waals surface area contributed by atoms with E-state index in [1.54, 1.807) is 5.51 Å². The Morgan fingerprint density at radius 3 is 3.20 bits per heavy atom. The minimum Gasteiger partial charge on any atom is -0.361 e. The third kappa shape index (κ3) is 1.63. The summed E-state index contributed by atoms with van der Waals surface area (Å²) in [5.74, 6) is 0.612. The number of benzene rings is 1. The predicted octanol–water partition coefficient (Wildman–Crippen LogP) is 2.00. The van der Waals surface area contributed by atoms with Crippen LogP contribution in [0.5, 0.6) is 0 Å². The first-order valence-corrected chi connectivity index (χ1v) is 7.61. The summed E-state index contributed by atoms with van der Waals surface area (Å²) < 4.78 is 0.876. The summed E-state index contributed by atoms with van der Waals surface area (Å²) in [4.78, 5) is 17.6. The van der Waals surface area contributed by atoms with E-state index in [9.17, 15) is 10.1 Å². The van der Waals surface area contributed by atoms with E-state index in [-0.39, 0.29) is 10.6 Å². The van der Waals surface area contributed by atoms with Gasteiger partial charge in [-0.25, -0.2) is 4.98 Å². The Labute approximate surface area is 119 Å². The molecule has 0 amide bonds. The second-order valence-corrected chi connectivity index (χ2v) is 6.24. The summed E-state index contributed by atoms with van der Waals surface area (Å²) in [6, 6.07) is 4.22. The summed E-state index contributed by atoms with van der Waals surface area (Å²) in [7, 11) is 0. The van der Waals surface area contributed by atoms with Gasteiger partial charge >= 0.3 is 5.69 Å². The van der Waals surface area contributed by atoms with Gasteiger partial charge in [0, 0.05) is 25.7 Å². The van der Waals surface area contributed by atoms with Gasteiger partial charge in [0.2, 0.25) is 0 Å². The van der Waals surface area contributed by atoms with Crippen LogP contribution in [0.25, 0.3) is 10.2 Å². The maximum atomic E-state index is 11.5. The van der Waals surface area contributed by atoms with Crippen LogP contribution in [0.15, 0.2) is 17.6 Å². The van der Waals surface area contributed by atoms with Crippen molar-refractivity contribution in [3.63, 3.8) is 0 Å². The standard InChI is InChI=1S/C13H14N4O2S/c18-17(19)13-9(1-2-11-12(13)15-7-20-11)16-4-3-8-5-14-6-10(8)16/h1-2,7-8,10,14H,3-6H2/t8-,10+/m0/s1. The van der Waals surface area contributed by atoms with Gasteiger partial charge in [-0.15, -0.1) is 11.3 Å². The van der Waals surface area contributed by atoms with Gasteiger partial charge in [-0.3, -0.25) is 10.1 Å². The minimum absolute atomic E-state index is 0.163. The molecule has 0 bridgehead atoms. The third-order valence-electron chi connectivity index (χ3n) is 4.39. The molecule has 0 aliphatic carbocycles. The van der Waals surface area contributed by atoms with Gasteiger partial charge in [0.05, 0.1) is 15.1 Å². The van der Waals surface area contributed by atoms with Gasteiger partial charge in [-0.2, -0.15) is 0 Å². The molecule has 1 aromatic heterocycles. The molecule has 4 rings (SSSR count). The number of nitrogens with zero attached hydrogens (tertiary/aromatic N) is 3. The zero-order valence-corrected chi connectivity index (χ0v) is 11.6. The van der Waals surface area contributed by atoms with Crippen molar-refractivity contribution < 1.29 is 4.92 Å². The Hall–Kier alpha value is -1.73.